The van der Waals surface area contributed by atoms with E-state index in [2.05, 4.69) is 10.6 Å². The van der Waals surface area contributed by atoms with Gasteiger partial charge in [0.25, 0.3) is 0 Å². The second kappa shape index (κ2) is 8.71. The third-order valence-electron chi connectivity index (χ3n) is 3.42. The van der Waals surface area contributed by atoms with Crippen molar-refractivity contribution in [2.45, 2.75) is 25.8 Å². The zero-order chi connectivity index (χ0) is 16.5. The number of amides is 2. The molecule has 1 aliphatic heterocycles. The number of ether oxygens (including phenoxy) is 1. The molecule has 0 aromatic heterocycles. The summed E-state index contributed by atoms with van der Waals surface area (Å²) in [6.45, 7) is 1.70. The van der Waals surface area contributed by atoms with Gasteiger partial charge in [-0.1, -0.05) is 17.7 Å². The van der Waals surface area contributed by atoms with E-state index in [1.807, 2.05) is 12.1 Å². The van der Waals surface area contributed by atoms with E-state index in [9.17, 15) is 9.59 Å². The number of anilines is 1. The van der Waals surface area contributed by atoms with Crippen molar-refractivity contribution in [3.8, 4) is 6.07 Å². The van der Waals surface area contributed by atoms with Gasteiger partial charge < -0.3 is 15.4 Å². The number of carbonyl (C=O) groups excluding carboxylic acids is 2. The Bertz CT molecular complexity index is 621. The molecule has 2 N–H and O–H groups in total. The SMILES string of the molecule is N#CCC(=O)NCc1ccc(NC(=O)C=C2CCOCC2)cc1. The van der Waals surface area contributed by atoms with E-state index in [1.165, 1.54) is 0 Å². The Balaban J connectivity index is 1.83. The van der Waals surface area contributed by atoms with Crippen molar-refractivity contribution >= 4 is 17.5 Å². The molecule has 0 unspecified atom stereocenters. The molecule has 1 saturated heterocycles. The molecule has 1 aliphatic rings. The molecule has 6 nitrogen and oxygen atoms in total. The average molecular weight is 313 g/mol. The van der Waals surface area contributed by atoms with Crippen LogP contribution in [0.15, 0.2) is 35.9 Å². The zero-order valence-corrected chi connectivity index (χ0v) is 12.8. The van der Waals surface area contributed by atoms with Crippen LogP contribution in [0, 0.1) is 11.3 Å². The van der Waals surface area contributed by atoms with Crippen molar-refractivity contribution in [1.82, 2.24) is 5.32 Å². The quantitative estimate of drug-likeness (QED) is 0.812. The number of hydrogen-bond acceptors (Lipinski definition) is 4. The normalized spacial score (nSPS) is 13.8. The number of carbonyl (C=O) groups is 2. The fraction of sp³-hybridized carbons (Fsp3) is 0.353. The number of nitrogens with one attached hydrogen (secondary N) is 2. The summed E-state index contributed by atoms with van der Waals surface area (Å²) in [6.07, 6.45) is 3.09. The molecule has 2 rings (SSSR count). The Labute approximate surface area is 135 Å². The summed E-state index contributed by atoms with van der Waals surface area (Å²) in [6, 6.07) is 9.01. The summed E-state index contributed by atoms with van der Waals surface area (Å²) >= 11 is 0. The van der Waals surface area contributed by atoms with Crippen molar-refractivity contribution in [2.75, 3.05) is 18.5 Å². The molecule has 0 saturated carbocycles. The lowest BCUT2D eigenvalue weighted by atomic mass is 10.1. The van der Waals surface area contributed by atoms with Crippen molar-refractivity contribution in [2.24, 2.45) is 0 Å². The molecule has 1 aromatic carbocycles. The largest absolute Gasteiger partial charge is 0.381 e. The van der Waals surface area contributed by atoms with Crippen LogP contribution in [0.2, 0.25) is 0 Å². The summed E-state index contributed by atoms with van der Waals surface area (Å²) in [5.74, 6) is -0.440. The van der Waals surface area contributed by atoms with Gasteiger partial charge in [0.15, 0.2) is 0 Å². The Morgan fingerprint density at radius 1 is 1.22 bits per heavy atom. The van der Waals surface area contributed by atoms with Gasteiger partial charge >= 0.3 is 0 Å². The lowest BCUT2D eigenvalue weighted by Crippen LogP contribution is -2.21. The summed E-state index contributed by atoms with van der Waals surface area (Å²) in [5, 5.41) is 13.9. The maximum atomic E-state index is 11.9. The van der Waals surface area contributed by atoms with E-state index in [0.717, 1.165) is 24.0 Å². The first kappa shape index (κ1) is 16.7. The van der Waals surface area contributed by atoms with E-state index < -0.39 is 0 Å². The van der Waals surface area contributed by atoms with Crippen molar-refractivity contribution in [1.29, 1.82) is 5.26 Å². The number of rotatable bonds is 5. The summed E-state index contributed by atoms with van der Waals surface area (Å²) in [4.78, 5) is 23.1. The maximum Gasteiger partial charge on any atom is 0.248 e. The lowest BCUT2D eigenvalue weighted by molar-refractivity contribution is -0.120. The van der Waals surface area contributed by atoms with Gasteiger partial charge in [-0.05, 0) is 30.5 Å². The second-order valence-corrected chi connectivity index (χ2v) is 5.21. The van der Waals surface area contributed by atoms with Gasteiger partial charge in [-0.15, -0.1) is 0 Å². The average Bonchev–Trinajstić information content (AvgIpc) is 2.55. The predicted octanol–water partition coefficient (Wildman–Crippen LogP) is 1.89. The number of nitriles is 1. The fourth-order valence-corrected chi connectivity index (χ4v) is 2.18. The van der Waals surface area contributed by atoms with E-state index in [1.54, 1.807) is 24.3 Å². The second-order valence-electron chi connectivity index (χ2n) is 5.21. The van der Waals surface area contributed by atoms with E-state index in [4.69, 9.17) is 10.00 Å². The van der Waals surface area contributed by atoms with Crippen molar-refractivity contribution in [3.63, 3.8) is 0 Å². The molecule has 0 radical (unpaired) electrons. The van der Waals surface area contributed by atoms with Gasteiger partial charge in [0.1, 0.15) is 6.42 Å². The summed E-state index contributed by atoms with van der Waals surface area (Å²) in [5.41, 5.74) is 2.70. The molecule has 0 aliphatic carbocycles. The summed E-state index contributed by atoms with van der Waals surface area (Å²) in [7, 11) is 0. The molecule has 0 bridgehead atoms. The van der Waals surface area contributed by atoms with Gasteiger partial charge in [-0.2, -0.15) is 5.26 Å². The zero-order valence-electron chi connectivity index (χ0n) is 12.8. The first-order valence-electron chi connectivity index (χ1n) is 7.48. The number of nitrogens with zero attached hydrogens (tertiary/aromatic N) is 1. The van der Waals surface area contributed by atoms with Crippen molar-refractivity contribution in [3.05, 3.63) is 41.5 Å². The molecule has 6 heteroatoms. The first-order chi connectivity index (χ1) is 11.2. The molecule has 0 atom stereocenters. The molecule has 23 heavy (non-hydrogen) atoms. The van der Waals surface area contributed by atoms with E-state index >= 15 is 0 Å². The molecule has 0 spiro atoms. The minimum Gasteiger partial charge on any atom is -0.381 e. The highest BCUT2D eigenvalue weighted by Crippen LogP contribution is 2.14. The van der Waals surface area contributed by atoms with Crippen LogP contribution < -0.4 is 10.6 Å². The van der Waals surface area contributed by atoms with Crippen LogP contribution >= 0.6 is 0 Å². The Kier molecular flexibility index (Phi) is 6.33. The molecular formula is C17H19N3O3. The minimum absolute atomic E-state index is 0.142. The van der Waals surface area contributed by atoms with Gasteiger partial charge in [-0.3, -0.25) is 9.59 Å². The molecule has 2 amide bonds. The fourth-order valence-electron chi connectivity index (χ4n) is 2.18. The van der Waals surface area contributed by atoms with Gasteiger partial charge in [0, 0.05) is 18.3 Å². The van der Waals surface area contributed by atoms with Crippen LogP contribution in [-0.4, -0.2) is 25.0 Å². The molecular weight excluding hydrogens is 294 g/mol. The Morgan fingerprint density at radius 3 is 2.57 bits per heavy atom. The highest BCUT2D eigenvalue weighted by molar-refractivity contribution is 5.99. The molecule has 120 valence electrons. The van der Waals surface area contributed by atoms with Crippen molar-refractivity contribution < 1.29 is 14.3 Å². The Morgan fingerprint density at radius 2 is 1.91 bits per heavy atom. The van der Waals surface area contributed by atoms with Gasteiger partial charge in [0.2, 0.25) is 11.8 Å². The van der Waals surface area contributed by atoms with Crippen LogP contribution in [-0.2, 0) is 20.9 Å². The summed E-state index contributed by atoms with van der Waals surface area (Å²) < 4.78 is 5.25. The van der Waals surface area contributed by atoms with Gasteiger partial charge in [0.05, 0.1) is 19.3 Å². The Hall–Kier alpha value is -2.65. The molecule has 1 aromatic rings. The molecule has 1 heterocycles. The molecule has 1 fully saturated rings. The van der Waals surface area contributed by atoms with Crippen LogP contribution in [0.3, 0.4) is 0 Å². The first-order valence-corrected chi connectivity index (χ1v) is 7.48. The van der Waals surface area contributed by atoms with Crippen LogP contribution in [0.4, 0.5) is 5.69 Å². The minimum atomic E-state index is -0.298. The highest BCUT2D eigenvalue weighted by Gasteiger charge is 2.08. The topological polar surface area (TPSA) is 91.2 Å². The third-order valence-corrected chi connectivity index (χ3v) is 3.42. The van der Waals surface area contributed by atoms with Gasteiger partial charge in [-0.25, -0.2) is 0 Å². The highest BCUT2D eigenvalue weighted by atomic mass is 16.5. The van der Waals surface area contributed by atoms with E-state index in [0.29, 0.717) is 25.4 Å². The number of benzene rings is 1. The smallest absolute Gasteiger partial charge is 0.248 e. The number of hydrogen-bond donors (Lipinski definition) is 2. The van der Waals surface area contributed by atoms with E-state index in [-0.39, 0.29) is 18.2 Å². The van der Waals surface area contributed by atoms with Crippen LogP contribution in [0.5, 0.6) is 0 Å². The lowest BCUT2D eigenvalue weighted by Gasteiger charge is -2.14. The monoisotopic (exact) mass is 313 g/mol. The third kappa shape index (κ3) is 5.93. The van der Waals surface area contributed by atoms with Crippen LogP contribution in [0.1, 0.15) is 24.8 Å². The van der Waals surface area contributed by atoms with Crippen LogP contribution in [0.25, 0.3) is 0 Å². The predicted molar refractivity (Wildman–Crippen MR) is 85.3 cm³/mol. The standard InChI is InChI=1S/C17H19N3O3/c18-8-5-16(21)19-12-14-1-3-15(4-2-14)20-17(22)11-13-6-9-23-10-7-13/h1-4,11H,5-7,9-10,12H2,(H,19,21)(H,20,22). The maximum absolute atomic E-state index is 11.9.